The lowest BCUT2D eigenvalue weighted by molar-refractivity contribution is 0.112. The van der Waals surface area contributed by atoms with Gasteiger partial charge in [-0.1, -0.05) is 24.3 Å². The molecule has 0 atom stereocenters. The van der Waals surface area contributed by atoms with E-state index >= 15 is 0 Å². The van der Waals surface area contributed by atoms with Crippen LogP contribution in [0.3, 0.4) is 0 Å². The van der Waals surface area contributed by atoms with E-state index in [9.17, 15) is 14.3 Å². The van der Waals surface area contributed by atoms with E-state index in [-0.39, 0.29) is 11.3 Å². The van der Waals surface area contributed by atoms with E-state index in [4.69, 9.17) is 0 Å². The number of carbonyl (C=O) groups is 1. The number of carbonyl (C=O) groups excluding carboxylic acids is 1. The molecule has 0 bridgehead atoms. The van der Waals surface area contributed by atoms with Crippen LogP contribution < -0.4 is 0 Å². The molecule has 1 N–H and O–H groups in total. The van der Waals surface area contributed by atoms with Gasteiger partial charge in [0.1, 0.15) is 11.6 Å². The number of hydrogen-bond donors (Lipinski definition) is 1. The van der Waals surface area contributed by atoms with E-state index in [0.29, 0.717) is 17.4 Å². The molecule has 0 amide bonds. The molecule has 0 radical (unpaired) electrons. The minimum absolute atomic E-state index is 0.00750. The van der Waals surface area contributed by atoms with Gasteiger partial charge in [0.05, 0.1) is 5.56 Å². The molecule has 0 aliphatic heterocycles. The zero-order valence-electron chi connectivity index (χ0n) is 8.35. The standard InChI is InChI=1S/C13H9FO2/c14-13-6-2-5-11(12(13)8-15)9-3-1-4-10(16)7-9/h1-8,16H. The van der Waals surface area contributed by atoms with Gasteiger partial charge in [-0.25, -0.2) is 4.39 Å². The Kier molecular flexibility index (Phi) is 2.68. The molecule has 2 aromatic rings. The largest absolute Gasteiger partial charge is 0.508 e. The van der Waals surface area contributed by atoms with Crippen molar-refractivity contribution in [2.24, 2.45) is 0 Å². The van der Waals surface area contributed by atoms with Crippen LogP contribution in [0, 0.1) is 5.82 Å². The first kappa shape index (κ1) is 10.4. The summed E-state index contributed by atoms with van der Waals surface area (Å²) >= 11 is 0. The molecule has 3 heteroatoms. The Hall–Kier alpha value is -2.16. The number of rotatable bonds is 2. The highest BCUT2D eigenvalue weighted by atomic mass is 19.1. The molecule has 2 aromatic carbocycles. The van der Waals surface area contributed by atoms with E-state index in [1.165, 1.54) is 24.3 Å². The van der Waals surface area contributed by atoms with E-state index in [2.05, 4.69) is 0 Å². The van der Waals surface area contributed by atoms with E-state index < -0.39 is 5.82 Å². The van der Waals surface area contributed by atoms with E-state index in [1.807, 2.05) is 0 Å². The molecule has 0 heterocycles. The summed E-state index contributed by atoms with van der Waals surface area (Å²) in [6.07, 6.45) is 0.481. The number of halogens is 1. The van der Waals surface area contributed by atoms with Crippen LogP contribution in [-0.2, 0) is 0 Å². The first-order valence-corrected chi connectivity index (χ1v) is 4.75. The van der Waals surface area contributed by atoms with Crippen molar-refractivity contribution >= 4 is 6.29 Å². The SMILES string of the molecule is O=Cc1c(F)cccc1-c1cccc(O)c1. The van der Waals surface area contributed by atoms with Crippen LogP contribution in [0.4, 0.5) is 4.39 Å². The Balaban J connectivity index is 2.64. The van der Waals surface area contributed by atoms with Crippen molar-refractivity contribution in [3.8, 4) is 16.9 Å². The number of aromatic hydroxyl groups is 1. The summed E-state index contributed by atoms with van der Waals surface area (Å²) in [6, 6.07) is 10.8. The van der Waals surface area contributed by atoms with Gasteiger partial charge in [-0.3, -0.25) is 4.79 Å². The number of phenolic OH excluding ortho intramolecular Hbond substituents is 1. The van der Waals surface area contributed by atoms with Crippen LogP contribution in [0.5, 0.6) is 5.75 Å². The summed E-state index contributed by atoms with van der Waals surface area (Å²) in [5.74, 6) is -0.477. The van der Waals surface area contributed by atoms with Crippen molar-refractivity contribution in [1.29, 1.82) is 0 Å². The van der Waals surface area contributed by atoms with Gasteiger partial charge in [0.25, 0.3) is 0 Å². The maximum atomic E-state index is 13.3. The number of benzene rings is 2. The molecular weight excluding hydrogens is 207 g/mol. The summed E-state index contributed by atoms with van der Waals surface area (Å²) in [5.41, 5.74) is 1.10. The number of phenols is 1. The lowest BCUT2D eigenvalue weighted by Crippen LogP contribution is -1.92. The van der Waals surface area contributed by atoms with Gasteiger partial charge >= 0.3 is 0 Å². The maximum Gasteiger partial charge on any atom is 0.153 e. The molecule has 0 aliphatic carbocycles. The number of hydrogen-bond acceptors (Lipinski definition) is 2. The zero-order chi connectivity index (χ0) is 11.5. The smallest absolute Gasteiger partial charge is 0.153 e. The molecule has 16 heavy (non-hydrogen) atoms. The minimum atomic E-state index is -0.559. The molecule has 0 spiro atoms. The van der Waals surface area contributed by atoms with Crippen molar-refractivity contribution in [1.82, 2.24) is 0 Å². The molecule has 2 nitrogen and oxygen atoms in total. The average Bonchev–Trinajstić information content (AvgIpc) is 2.28. The minimum Gasteiger partial charge on any atom is -0.508 e. The average molecular weight is 216 g/mol. The van der Waals surface area contributed by atoms with Crippen LogP contribution in [-0.4, -0.2) is 11.4 Å². The third kappa shape index (κ3) is 1.80. The lowest BCUT2D eigenvalue weighted by atomic mass is 10.00. The first-order chi connectivity index (χ1) is 7.72. The summed E-state index contributed by atoms with van der Waals surface area (Å²) in [7, 11) is 0. The quantitative estimate of drug-likeness (QED) is 0.783. The Bertz CT molecular complexity index is 535. The number of aldehydes is 1. The van der Waals surface area contributed by atoms with Crippen molar-refractivity contribution in [3.05, 3.63) is 53.8 Å². The molecule has 80 valence electrons. The fourth-order valence-electron chi connectivity index (χ4n) is 1.58. The van der Waals surface area contributed by atoms with Gasteiger partial charge < -0.3 is 5.11 Å². The van der Waals surface area contributed by atoms with Gasteiger partial charge in [-0.15, -0.1) is 0 Å². The summed E-state index contributed by atoms with van der Waals surface area (Å²) in [6.45, 7) is 0. The van der Waals surface area contributed by atoms with Crippen molar-refractivity contribution < 1.29 is 14.3 Å². The van der Waals surface area contributed by atoms with Crippen molar-refractivity contribution in [2.45, 2.75) is 0 Å². The topological polar surface area (TPSA) is 37.3 Å². The second-order valence-corrected chi connectivity index (χ2v) is 3.37. The lowest BCUT2D eigenvalue weighted by Gasteiger charge is -2.06. The Morgan fingerprint density at radius 2 is 1.88 bits per heavy atom. The summed E-state index contributed by atoms with van der Waals surface area (Å²) in [4.78, 5) is 10.8. The van der Waals surface area contributed by atoms with Crippen LogP contribution in [0.1, 0.15) is 10.4 Å². The highest BCUT2D eigenvalue weighted by molar-refractivity contribution is 5.88. The molecule has 2 rings (SSSR count). The van der Waals surface area contributed by atoms with E-state index in [1.54, 1.807) is 18.2 Å². The van der Waals surface area contributed by atoms with Crippen LogP contribution >= 0.6 is 0 Å². The third-order valence-corrected chi connectivity index (χ3v) is 2.33. The van der Waals surface area contributed by atoms with E-state index in [0.717, 1.165) is 0 Å². The summed E-state index contributed by atoms with van der Waals surface area (Å²) < 4.78 is 13.3. The highest BCUT2D eigenvalue weighted by Crippen LogP contribution is 2.26. The van der Waals surface area contributed by atoms with Gasteiger partial charge in [-0.05, 0) is 29.3 Å². The highest BCUT2D eigenvalue weighted by Gasteiger charge is 2.09. The van der Waals surface area contributed by atoms with Gasteiger partial charge in [0.2, 0.25) is 0 Å². The molecule has 0 fully saturated rings. The predicted molar refractivity (Wildman–Crippen MR) is 58.9 cm³/mol. The fourth-order valence-corrected chi connectivity index (χ4v) is 1.58. The van der Waals surface area contributed by atoms with Gasteiger partial charge in [0.15, 0.2) is 6.29 Å². The maximum absolute atomic E-state index is 13.3. The van der Waals surface area contributed by atoms with Crippen molar-refractivity contribution in [2.75, 3.05) is 0 Å². The second-order valence-electron chi connectivity index (χ2n) is 3.37. The molecule has 0 unspecified atom stereocenters. The van der Waals surface area contributed by atoms with Crippen LogP contribution in [0.25, 0.3) is 11.1 Å². The Labute approximate surface area is 92.0 Å². The van der Waals surface area contributed by atoms with Gasteiger partial charge in [0, 0.05) is 0 Å². The molecule has 0 saturated carbocycles. The fraction of sp³-hybridized carbons (Fsp3) is 0. The predicted octanol–water partition coefficient (Wildman–Crippen LogP) is 3.01. The summed E-state index contributed by atoms with van der Waals surface area (Å²) in [5, 5.41) is 9.33. The normalized spacial score (nSPS) is 10.1. The first-order valence-electron chi connectivity index (χ1n) is 4.75. The van der Waals surface area contributed by atoms with Crippen LogP contribution in [0.2, 0.25) is 0 Å². The Morgan fingerprint density at radius 3 is 2.56 bits per heavy atom. The van der Waals surface area contributed by atoms with Crippen LogP contribution in [0.15, 0.2) is 42.5 Å². The zero-order valence-corrected chi connectivity index (χ0v) is 8.35. The second kappa shape index (κ2) is 4.14. The van der Waals surface area contributed by atoms with Crippen molar-refractivity contribution in [3.63, 3.8) is 0 Å². The molecule has 0 saturated heterocycles. The van der Waals surface area contributed by atoms with Gasteiger partial charge in [-0.2, -0.15) is 0 Å². The molecule has 0 aliphatic rings. The molecular formula is C13H9FO2. The Morgan fingerprint density at radius 1 is 1.12 bits per heavy atom. The molecule has 0 aromatic heterocycles. The monoisotopic (exact) mass is 216 g/mol. The third-order valence-electron chi connectivity index (χ3n) is 2.33.